The highest BCUT2D eigenvalue weighted by atomic mass is 32.2. The van der Waals surface area contributed by atoms with Crippen LogP contribution in [-0.2, 0) is 22.0 Å². The van der Waals surface area contributed by atoms with Gasteiger partial charge in [-0.25, -0.2) is 8.42 Å². The molecule has 0 saturated heterocycles. The third kappa shape index (κ3) is 4.39. The van der Waals surface area contributed by atoms with Crippen molar-refractivity contribution in [3.63, 3.8) is 0 Å². The van der Waals surface area contributed by atoms with Gasteiger partial charge in [-0.15, -0.1) is 0 Å². The zero-order valence-electron chi connectivity index (χ0n) is 13.0. The van der Waals surface area contributed by atoms with E-state index in [4.69, 9.17) is 0 Å². The van der Waals surface area contributed by atoms with Crippen LogP contribution in [-0.4, -0.2) is 38.3 Å². The van der Waals surface area contributed by atoms with E-state index in [0.29, 0.717) is 12.1 Å². The standard InChI is InChI=1S/C16H21NO3S2/c1-16(18,12-17(2)10-13-8-9-21-11-13)14-4-6-15(7-5-14)22(3,19)20/h4-9,11,18H,10,12H2,1-3H3. The van der Waals surface area contributed by atoms with Gasteiger partial charge in [0.05, 0.1) is 10.5 Å². The molecule has 0 fully saturated rings. The Labute approximate surface area is 135 Å². The summed E-state index contributed by atoms with van der Waals surface area (Å²) in [6, 6.07) is 8.50. The van der Waals surface area contributed by atoms with E-state index in [1.807, 2.05) is 17.3 Å². The first kappa shape index (κ1) is 17.1. The van der Waals surface area contributed by atoms with Gasteiger partial charge in [0.15, 0.2) is 9.84 Å². The zero-order chi connectivity index (χ0) is 16.4. The molecule has 1 heterocycles. The van der Waals surface area contributed by atoms with Gasteiger partial charge in [0.2, 0.25) is 0 Å². The largest absolute Gasteiger partial charge is 0.384 e. The van der Waals surface area contributed by atoms with E-state index in [2.05, 4.69) is 11.4 Å². The Kier molecular flexibility index (Phi) is 5.07. The summed E-state index contributed by atoms with van der Waals surface area (Å²) in [7, 11) is -1.26. The average Bonchev–Trinajstić information content (AvgIpc) is 2.90. The van der Waals surface area contributed by atoms with Crippen LogP contribution in [0.1, 0.15) is 18.1 Å². The molecule has 120 valence electrons. The highest BCUT2D eigenvalue weighted by Gasteiger charge is 2.25. The molecular weight excluding hydrogens is 318 g/mol. The van der Waals surface area contributed by atoms with Gasteiger partial charge in [-0.1, -0.05) is 12.1 Å². The van der Waals surface area contributed by atoms with Crippen LogP contribution >= 0.6 is 11.3 Å². The average molecular weight is 339 g/mol. The molecule has 0 bridgehead atoms. The second-order valence-electron chi connectivity index (χ2n) is 5.87. The predicted octanol–water partition coefficient (Wildman–Crippen LogP) is 2.49. The lowest BCUT2D eigenvalue weighted by Crippen LogP contribution is -2.36. The van der Waals surface area contributed by atoms with Crippen molar-refractivity contribution in [3.05, 3.63) is 52.2 Å². The number of hydrogen-bond acceptors (Lipinski definition) is 5. The summed E-state index contributed by atoms with van der Waals surface area (Å²) in [5.74, 6) is 0. The summed E-state index contributed by atoms with van der Waals surface area (Å²) in [4.78, 5) is 2.31. The third-order valence-electron chi connectivity index (χ3n) is 3.51. The molecule has 1 aromatic carbocycles. The second-order valence-corrected chi connectivity index (χ2v) is 8.67. The molecule has 0 aliphatic rings. The fraction of sp³-hybridized carbons (Fsp3) is 0.375. The molecule has 0 radical (unpaired) electrons. The first-order valence-corrected chi connectivity index (χ1v) is 9.74. The second kappa shape index (κ2) is 6.50. The summed E-state index contributed by atoms with van der Waals surface area (Å²) >= 11 is 1.65. The van der Waals surface area contributed by atoms with Crippen molar-refractivity contribution >= 4 is 21.2 Å². The molecule has 0 saturated carbocycles. The summed E-state index contributed by atoms with van der Waals surface area (Å²) in [6.45, 7) is 2.97. The van der Waals surface area contributed by atoms with Crippen LogP contribution in [0.15, 0.2) is 46.0 Å². The van der Waals surface area contributed by atoms with E-state index in [0.717, 1.165) is 6.54 Å². The Balaban J connectivity index is 2.09. The first-order valence-electron chi connectivity index (χ1n) is 6.91. The van der Waals surface area contributed by atoms with Crippen molar-refractivity contribution in [2.75, 3.05) is 19.8 Å². The lowest BCUT2D eigenvalue weighted by molar-refractivity contribution is 0.0214. The number of hydrogen-bond donors (Lipinski definition) is 1. The van der Waals surface area contributed by atoms with E-state index >= 15 is 0 Å². The van der Waals surface area contributed by atoms with E-state index in [1.165, 1.54) is 24.0 Å². The molecule has 1 atom stereocenters. The Morgan fingerprint density at radius 3 is 2.36 bits per heavy atom. The van der Waals surface area contributed by atoms with Crippen LogP contribution in [0.25, 0.3) is 0 Å². The molecular formula is C16H21NO3S2. The van der Waals surface area contributed by atoms with E-state index in [9.17, 15) is 13.5 Å². The number of aliphatic hydroxyl groups is 1. The number of nitrogens with zero attached hydrogens (tertiary/aromatic N) is 1. The minimum atomic E-state index is -3.21. The van der Waals surface area contributed by atoms with Crippen molar-refractivity contribution in [1.29, 1.82) is 0 Å². The maximum absolute atomic E-state index is 11.5. The van der Waals surface area contributed by atoms with Crippen LogP contribution in [0, 0.1) is 0 Å². The summed E-state index contributed by atoms with van der Waals surface area (Å²) in [6.07, 6.45) is 1.18. The highest BCUT2D eigenvalue weighted by molar-refractivity contribution is 7.90. The fourth-order valence-electron chi connectivity index (χ4n) is 2.43. The fourth-order valence-corrected chi connectivity index (χ4v) is 3.72. The molecule has 1 N–H and O–H groups in total. The van der Waals surface area contributed by atoms with Gasteiger partial charge in [0.1, 0.15) is 0 Å². The monoisotopic (exact) mass is 339 g/mol. The SMILES string of the molecule is CN(Cc1ccsc1)CC(C)(O)c1ccc(S(C)(=O)=O)cc1. The molecule has 6 heteroatoms. The van der Waals surface area contributed by atoms with E-state index < -0.39 is 15.4 Å². The molecule has 0 aliphatic carbocycles. The van der Waals surface area contributed by atoms with Crippen molar-refractivity contribution in [1.82, 2.24) is 4.90 Å². The summed E-state index contributed by atoms with van der Waals surface area (Å²) in [5, 5.41) is 14.8. The number of likely N-dealkylation sites (N-methyl/N-ethyl adjacent to an activating group) is 1. The van der Waals surface area contributed by atoms with Crippen LogP contribution in [0.2, 0.25) is 0 Å². The normalized spacial score (nSPS) is 15.0. The van der Waals surface area contributed by atoms with Crippen LogP contribution < -0.4 is 0 Å². The molecule has 0 spiro atoms. The lowest BCUT2D eigenvalue weighted by atomic mass is 9.95. The minimum Gasteiger partial charge on any atom is -0.384 e. The number of sulfone groups is 1. The Bertz CT molecular complexity index is 704. The van der Waals surface area contributed by atoms with E-state index in [1.54, 1.807) is 30.4 Å². The molecule has 0 amide bonds. The first-order chi connectivity index (χ1) is 10.2. The van der Waals surface area contributed by atoms with Gasteiger partial charge in [0.25, 0.3) is 0 Å². The highest BCUT2D eigenvalue weighted by Crippen LogP contribution is 2.24. The molecule has 2 aromatic rings. The number of benzene rings is 1. The van der Waals surface area contributed by atoms with E-state index in [-0.39, 0.29) is 4.90 Å². The van der Waals surface area contributed by atoms with Crippen LogP contribution in [0.5, 0.6) is 0 Å². The predicted molar refractivity (Wildman–Crippen MR) is 89.8 cm³/mol. The van der Waals surface area contributed by atoms with Crippen molar-refractivity contribution in [2.45, 2.75) is 24.0 Å². The van der Waals surface area contributed by atoms with Gasteiger partial charge in [0, 0.05) is 19.3 Å². The van der Waals surface area contributed by atoms with Gasteiger partial charge in [-0.05, 0) is 54.1 Å². The minimum absolute atomic E-state index is 0.263. The van der Waals surface area contributed by atoms with Gasteiger partial charge >= 0.3 is 0 Å². The smallest absolute Gasteiger partial charge is 0.175 e. The van der Waals surface area contributed by atoms with Crippen LogP contribution in [0.3, 0.4) is 0 Å². The zero-order valence-corrected chi connectivity index (χ0v) is 14.6. The van der Waals surface area contributed by atoms with Gasteiger partial charge in [-0.2, -0.15) is 11.3 Å². The molecule has 1 unspecified atom stereocenters. The summed E-state index contributed by atoms with van der Waals surface area (Å²) in [5.41, 5.74) is 0.883. The molecule has 1 aromatic heterocycles. The maximum atomic E-state index is 11.5. The quantitative estimate of drug-likeness (QED) is 0.878. The lowest BCUT2D eigenvalue weighted by Gasteiger charge is -2.29. The number of thiophene rings is 1. The molecule has 22 heavy (non-hydrogen) atoms. The maximum Gasteiger partial charge on any atom is 0.175 e. The van der Waals surface area contributed by atoms with Crippen LogP contribution in [0.4, 0.5) is 0 Å². The Morgan fingerprint density at radius 2 is 1.86 bits per heavy atom. The molecule has 4 nitrogen and oxygen atoms in total. The molecule has 2 rings (SSSR count). The van der Waals surface area contributed by atoms with Crippen molar-refractivity contribution < 1.29 is 13.5 Å². The van der Waals surface area contributed by atoms with Crippen molar-refractivity contribution in [3.8, 4) is 0 Å². The summed E-state index contributed by atoms with van der Waals surface area (Å²) < 4.78 is 23.0. The Hall–Kier alpha value is -1.21. The third-order valence-corrected chi connectivity index (χ3v) is 5.38. The molecule has 0 aliphatic heterocycles. The van der Waals surface area contributed by atoms with Crippen molar-refractivity contribution in [2.24, 2.45) is 0 Å². The van der Waals surface area contributed by atoms with Gasteiger partial charge < -0.3 is 5.11 Å². The van der Waals surface area contributed by atoms with Gasteiger partial charge in [-0.3, -0.25) is 4.90 Å². The topological polar surface area (TPSA) is 57.6 Å². The number of rotatable bonds is 6. The Morgan fingerprint density at radius 1 is 1.23 bits per heavy atom.